The van der Waals surface area contributed by atoms with Crippen LogP contribution in [0.4, 0.5) is 5.69 Å². The lowest BCUT2D eigenvalue weighted by Gasteiger charge is -2.30. The van der Waals surface area contributed by atoms with Crippen molar-refractivity contribution in [1.82, 2.24) is 5.32 Å². The number of benzene rings is 3. The van der Waals surface area contributed by atoms with Gasteiger partial charge in [0.1, 0.15) is 0 Å². The Morgan fingerprint density at radius 2 is 1.79 bits per heavy atom. The SMILES string of the molecule is O=C(O)C1=CC(c2ccccc2)C=CC1(Cl)NC(=O)c1cccc(S(=O)(=O)N2CCc3cc(Cl)ccc32)c1. The number of amides is 1. The fourth-order valence-electron chi connectivity index (χ4n) is 4.65. The molecule has 5 rings (SSSR count). The van der Waals surface area contributed by atoms with Crippen molar-refractivity contribution in [2.24, 2.45) is 0 Å². The number of nitrogens with zero attached hydrogens (tertiary/aromatic N) is 1. The molecule has 0 spiro atoms. The predicted molar refractivity (Wildman–Crippen MR) is 146 cm³/mol. The number of rotatable bonds is 6. The summed E-state index contributed by atoms with van der Waals surface area (Å²) in [5.41, 5.74) is 2.05. The summed E-state index contributed by atoms with van der Waals surface area (Å²) in [4.78, 5) is 23.4. The summed E-state index contributed by atoms with van der Waals surface area (Å²) in [6.45, 7) is 0.249. The van der Waals surface area contributed by atoms with Crippen LogP contribution in [0.5, 0.6) is 0 Å². The highest BCUT2D eigenvalue weighted by Crippen LogP contribution is 2.36. The van der Waals surface area contributed by atoms with Crippen LogP contribution in [0.1, 0.15) is 27.4 Å². The predicted octanol–water partition coefficient (Wildman–Crippen LogP) is 5.12. The molecule has 2 N–H and O–H groups in total. The van der Waals surface area contributed by atoms with Crippen LogP contribution in [0, 0.1) is 0 Å². The zero-order valence-electron chi connectivity index (χ0n) is 19.8. The second kappa shape index (κ2) is 9.94. The van der Waals surface area contributed by atoms with E-state index in [-0.39, 0.29) is 28.5 Å². The van der Waals surface area contributed by atoms with E-state index in [1.165, 1.54) is 40.7 Å². The van der Waals surface area contributed by atoms with E-state index in [2.05, 4.69) is 5.32 Å². The van der Waals surface area contributed by atoms with Crippen molar-refractivity contribution in [3.05, 3.63) is 118 Å². The number of anilines is 1. The summed E-state index contributed by atoms with van der Waals surface area (Å²) in [7, 11) is -3.97. The molecule has 0 saturated carbocycles. The van der Waals surface area contributed by atoms with E-state index in [9.17, 15) is 23.1 Å². The van der Waals surface area contributed by atoms with Crippen LogP contribution in [-0.4, -0.2) is 36.9 Å². The maximum absolute atomic E-state index is 13.5. The number of carbonyl (C=O) groups excluding carboxylic acids is 1. The van der Waals surface area contributed by atoms with E-state index in [1.807, 2.05) is 30.3 Å². The van der Waals surface area contributed by atoms with Gasteiger partial charge in [-0.15, -0.1) is 0 Å². The van der Waals surface area contributed by atoms with Gasteiger partial charge in [-0.1, -0.05) is 71.8 Å². The van der Waals surface area contributed by atoms with Crippen LogP contribution in [-0.2, 0) is 21.2 Å². The third-order valence-corrected chi connectivity index (χ3v) is 9.03. The Bertz CT molecular complexity index is 1600. The Morgan fingerprint density at radius 3 is 2.53 bits per heavy atom. The fraction of sp³-hybridized carbons (Fsp3) is 0.143. The highest BCUT2D eigenvalue weighted by molar-refractivity contribution is 7.92. The van der Waals surface area contributed by atoms with Crippen molar-refractivity contribution in [1.29, 1.82) is 0 Å². The molecule has 0 saturated heterocycles. The second-order valence-corrected chi connectivity index (χ2v) is 11.9. The van der Waals surface area contributed by atoms with Gasteiger partial charge in [0.25, 0.3) is 15.9 Å². The molecule has 2 atom stereocenters. The van der Waals surface area contributed by atoms with Crippen LogP contribution in [0.25, 0.3) is 0 Å². The molecule has 3 aromatic carbocycles. The Balaban J connectivity index is 1.41. The number of fused-ring (bicyclic) bond motifs is 1. The average molecular weight is 569 g/mol. The molecule has 0 fully saturated rings. The Labute approximate surface area is 230 Å². The summed E-state index contributed by atoms with van der Waals surface area (Å²) in [5.74, 6) is -2.34. The normalized spacial score (nSPS) is 20.5. The van der Waals surface area contributed by atoms with Crippen molar-refractivity contribution in [3.8, 4) is 0 Å². The maximum Gasteiger partial charge on any atom is 0.335 e. The lowest BCUT2D eigenvalue weighted by atomic mass is 9.88. The second-order valence-electron chi connectivity index (χ2n) is 8.98. The van der Waals surface area contributed by atoms with Crippen molar-refractivity contribution >= 4 is 50.8 Å². The van der Waals surface area contributed by atoms with Gasteiger partial charge in [0.15, 0.2) is 5.00 Å². The number of allylic oxidation sites excluding steroid dienone is 2. The number of nitrogens with one attached hydrogen (secondary N) is 1. The van der Waals surface area contributed by atoms with Crippen molar-refractivity contribution in [2.75, 3.05) is 10.8 Å². The standard InChI is InChI=1S/C28H22Cl2N2O5S/c29-22-9-10-25-20(15-22)12-14-32(25)38(36,37)23-8-4-7-21(16-23)26(33)31-28(30)13-11-19(17-24(28)27(34)35)18-5-2-1-3-6-18/h1-11,13,15-17,19H,12,14H2,(H,31,33)(H,34,35). The average Bonchev–Trinajstić information content (AvgIpc) is 3.33. The van der Waals surface area contributed by atoms with Gasteiger partial charge in [0.05, 0.1) is 16.2 Å². The van der Waals surface area contributed by atoms with Gasteiger partial charge in [-0.3, -0.25) is 9.10 Å². The summed E-state index contributed by atoms with van der Waals surface area (Å²) < 4.78 is 28.2. The largest absolute Gasteiger partial charge is 0.478 e. The van der Waals surface area contributed by atoms with Crippen LogP contribution in [0.3, 0.4) is 0 Å². The first kappa shape index (κ1) is 26.0. The summed E-state index contributed by atoms with van der Waals surface area (Å²) in [6.07, 6.45) is 5.15. The lowest BCUT2D eigenvalue weighted by molar-refractivity contribution is -0.133. The molecule has 10 heteroatoms. The number of alkyl halides is 1. The van der Waals surface area contributed by atoms with Gasteiger partial charge in [-0.2, -0.15) is 0 Å². The van der Waals surface area contributed by atoms with Gasteiger partial charge in [0, 0.05) is 23.0 Å². The number of carbonyl (C=O) groups is 2. The van der Waals surface area contributed by atoms with Crippen LogP contribution >= 0.6 is 23.2 Å². The molecule has 2 unspecified atom stereocenters. The molecule has 2 aliphatic rings. The Morgan fingerprint density at radius 1 is 1.03 bits per heavy atom. The molecule has 0 radical (unpaired) electrons. The molecule has 1 aliphatic heterocycles. The molecular formula is C28H22Cl2N2O5S. The molecule has 38 heavy (non-hydrogen) atoms. The van der Waals surface area contributed by atoms with Crippen LogP contribution < -0.4 is 9.62 Å². The highest BCUT2D eigenvalue weighted by Gasteiger charge is 2.39. The van der Waals surface area contributed by atoms with Crippen molar-refractivity contribution in [2.45, 2.75) is 22.2 Å². The minimum absolute atomic E-state index is 0.0185. The first-order valence-corrected chi connectivity index (χ1v) is 13.9. The van der Waals surface area contributed by atoms with Crippen LogP contribution in [0.2, 0.25) is 5.02 Å². The third kappa shape index (κ3) is 4.82. The molecule has 3 aromatic rings. The van der Waals surface area contributed by atoms with E-state index < -0.39 is 26.9 Å². The third-order valence-electron chi connectivity index (χ3n) is 6.56. The van der Waals surface area contributed by atoms with Crippen molar-refractivity contribution < 1.29 is 23.1 Å². The number of hydrogen-bond acceptors (Lipinski definition) is 4. The fourth-order valence-corrected chi connectivity index (χ4v) is 6.70. The molecule has 1 aliphatic carbocycles. The lowest BCUT2D eigenvalue weighted by Crippen LogP contribution is -2.47. The van der Waals surface area contributed by atoms with Gasteiger partial charge in [0.2, 0.25) is 0 Å². The monoisotopic (exact) mass is 568 g/mol. The number of sulfonamides is 1. The van der Waals surface area contributed by atoms with Gasteiger partial charge in [-0.25, -0.2) is 13.2 Å². The van der Waals surface area contributed by atoms with Gasteiger partial charge in [-0.05, 0) is 60.0 Å². The number of carboxylic acid groups (broad SMARTS) is 1. The maximum atomic E-state index is 13.5. The Kier molecular flexibility index (Phi) is 6.81. The van der Waals surface area contributed by atoms with Gasteiger partial charge >= 0.3 is 5.97 Å². The highest BCUT2D eigenvalue weighted by atomic mass is 35.5. The smallest absolute Gasteiger partial charge is 0.335 e. The van der Waals surface area contributed by atoms with E-state index in [0.29, 0.717) is 17.1 Å². The van der Waals surface area contributed by atoms with E-state index in [1.54, 1.807) is 24.3 Å². The molecular weight excluding hydrogens is 547 g/mol. The number of aliphatic carboxylic acids is 1. The number of carboxylic acids is 1. The molecule has 7 nitrogen and oxygen atoms in total. The quantitative estimate of drug-likeness (QED) is 0.244. The topological polar surface area (TPSA) is 104 Å². The zero-order chi connectivity index (χ0) is 27.1. The molecule has 0 aromatic heterocycles. The molecule has 1 amide bonds. The van der Waals surface area contributed by atoms with E-state index in [0.717, 1.165) is 11.1 Å². The van der Waals surface area contributed by atoms with Crippen molar-refractivity contribution in [3.63, 3.8) is 0 Å². The Hall–Kier alpha value is -3.59. The van der Waals surface area contributed by atoms with E-state index >= 15 is 0 Å². The molecule has 194 valence electrons. The zero-order valence-corrected chi connectivity index (χ0v) is 22.2. The first-order chi connectivity index (χ1) is 18.1. The summed E-state index contributed by atoms with van der Waals surface area (Å²) in [6, 6.07) is 19.9. The van der Waals surface area contributed by atoms with E-state index in [4.69, 9.17) is 23.2 Å². The first-order valence-electron chi connectivity index (χ1n) is 11.7. The number of halogens is 2. The molecule has 1 heterocycles. The minimum atomic E-state index is -3.97. The molecule has 0 bridgehead atoms. The summed E-state index contributed by atoms with van der Waals surface area (Å²) >= 11 is 12.7. The summed E-state index contributed by atoms with van der Waals surface area (Å²) in [5, 5.41) is 12.9. The van der Waals surface area contributed by atoms with Crippen LogP contribution in [0.15, 0.2) is 101 Å². The minimum Gasteiger partial charge on any atom is -0.478 e. The number of hydrogen-bond donors (Lipinski definition) is 2. The van der Waals surface area contributed by atoms with Gasteiger partial charge < -0.3 is 10.4 Å².